The minimum Gasteiger partial charge on any atom is -0.495 e. The van der Waals surface area contributed by atoms with Gasteiger partial charge in [-0.15, -0.1) is 0 Å². The van der Waals surface area contributed by atoms with Crippen LogP contribution in [0.1, 0.15) is 12.0 Å². The normalized spacial score (nSPS) is 18.3. The van der Waals surface area contributed by atoms with Crippen molar-refractivity contribution in [3.05, 3.63) is 23.8 Å². The van der Waals surface area contributed by atoms with Crippen molar-refractivity contribution < 1.29 is 19.5 Å². The van der Waals surface area contributed by atoms with Gasteiger partial charge in [0.2, 0.25) is 0 Å². The average molecular weight is 294 g/mol. The SMILES string of the molecule is COc1cccc(/C(N)=N/O)c1NC(=O)NC1CCOC1. The molecule has 114 valence electrons. The van der Waals surface area contributed by atoms with Crippen LogP contribution in [0.15, 0.2) is 23.4 Å². The van der Waals surface area contributed by atoms with Gasteiger partial charge in [0, 0.05) is 12.2 Å². The van der Waals surface area contributed by atoms with E-state index in [1.807, 2.05) is 0 Å². The summed E-state index contributed by atoms with van der Waals surface area (Å²) in [6.45, 7) is 1.13. The number of urea groups is 1. The molecule has 0 radical (unpaired) electrons. The first-order valence-electron chi connectivity index (χ1n) is 6.46. The highest BCUT2D eigenvalue weighted by molar-refractivity contribution is 6.06. The van der Waals surface area contributed by atoms with Gasteiger partial charge in [-0.05, 0) is 18.6 Å². The van der Waals surface area contributed by atoms with E-state index in [0.717, 1.165) is 6.42 Å². The highest BCUT2D eigenvalue weighted by Gasteiger charge is 2.20. The number of nitrogens with one attached hydrogen (secondary N) is 2. The molecule has 0 aromatic heterocycles. The summed E-state index contributed by atoms with van der Waals surface area (Å²) >= 11 is 0. The zero-order valence-electron chi connectivity index (χ0n) is 11.6. The molecular weight excluding hydrogens is 276 g/mol. The van der Waals surface area contributed by atoms with Gasteiger partial charge < -0.3 is 31.0 Å². The number of carbonyl (C=O) groups is 1. The first-order valence-corrected chi connectivity index (χ1v) is 6.46. The molecule has 1 aliphatic heterocycles. The Morgan fingerprint density at radius 3 is 3.00 bits per heavy atom. The quantitative estimate of drug-likeness (QED) is 0.282. The van der Waals surface area contributed by atoms with E-state index in [0.29, 0.717) is 30.2 Å². The first kappa shape index (κ1) is 14.9. The van der Waals surface area contributed by atoms with E-state index in [1.54, 1.807) is 18.2 Å². The number of amides is 2. The van der Waals surface area contributed by atoms with Crippen LogP contribution < -0.4 is 21.1 Å². The number of para-hydroxylation sites is 1. The Morgan fingerprint density at radius 2 is 2.38 bits per heavy atom. The first-order chi connectivity index (χ1) is 10.2. The van der Waals surface area contributed by atoms with E-state index < -0.39 is 6.03 Å². The van der Waals surface area contributed by atoms with Crippen LogP contribution in [0.3, 0.4) is 0 Å². The third kappa shape index (κ3) is 3.54. The van der Waals surface area contributed by atoms with Crippen molar-refractivity contribution in [2.75, 3.05) is 25.6 Å². The van der Waals surface area contributed by atoms with E-state index in [9.17, 15) is 4.79 Å². The predicted octanol–water partition coefficient (Wildman–Crippen LogP) is 0.700. The summed E-state index contributed by atoms with van der Waals surface area (Å²) in [5, 5.41) is 17.2. The average Bonchev–Trinajstić information content (AvgIpc) is 2.99. The Hall–Kier alpha value is -2.48. The molecule has 0 bridgehead atoms. The molecule has 5 N–H and O–H groups in total. The Kier molecular flexibility index (Phi) is 4.83. The van der Waals surface area contributed by atoms with Crippen molar-refractivity contribution in [1.82, 2.24) is 5.32 Å². The van der Waals surface area contributed by atoms with Gasteiger partial charge in [0.25, 0.3) is 0 Å². The fourth-order valence-corrected chi connectivity index (χ4v) is 2.08. The fraction of sp³-hybridized carbons (Fsp3) is 0.385. The maximum Gasteiger partial charge on any atom is 0.319 e. The molecule has 21 heavy (non-hydrogen) atoms. The zero-order valence-corrected chi connectivity index (χ0v) is 11.6. The minimum absolute atomic E-state index is 0.0213. The summed E-state index contributed by atoms with van der Waals surface area (Å²) < 4.78 is 10.4. The van der Waals surface area contributed by atoms with Crippen molar-refractivity contribution in [2.24, 2.45) is 10.9 Å². The van der Waals surface area contributed by atoms with Crippen molar-refractivity contribution in [3.8, 4) is 5.75 Å². The van der Waals surface area contributed by atoms with Gasteiger partial charge in [-0.2, -0.15) is 0 Å². The number of carbonyl (C=O) groups excluding carboxylic acids is 1. The number of methoxy groups -OCH3 is 1. The van der Waals surface area contributed by atoms with E-state index in [4.69, 9.17) is 20.4 Å². The fourth-order valence-electron chi connectivity index (χ4n) is 2.08. The monoisotopic (exact) mass is 294 g/mol. The number of benzene rings is 1. The smallest absolute Gasteiger partial charge is 0.319 e. The Morgan fingerprint density at radius 1 is 1.57 bits per heavy atom. The standard InChI is InChI=1S/C13H18N4O4/c1-20-10-4-2-3-9(12(14)17-19)11(10)16-13(18)15-8-5-6-21-7-8/h2-4,8,19H,5-7H2,1H3,(H2,14,17)(H2,15,16,18). The summed E-state index contributed by atoms with van der Waals surface area (Å²) in [5.74, 6) is 0.297. The van der Waals surface area contributed by atoms with Crippen LogP contribution in [-0.2, 0) is 4.74 Å². The summed E-state index contributed by atoms with van der Waals surface area (Å²) in [4.78, 5) is 12.0. The molecule has 2 amide bonds. The van der Waals surface area contributed by atoms with Crippen LogP contribution in [0.5, 0.6) is 5.75 Å². The molecule has 1 aliphatic rings. The van der Waals surface area contributed by atoms with Crippen LogP contribution in [-0.4, -0.2) is 43.4 Å². The second-order valence-electron chi connectivity index (χ2n) is 4.53. The van der Waals surface area contributed by atoms with Gasteiger partial charge in [-0.3, -0.25) is 0 Å². The number of anilines is 1. The van der Waals surface area contributed by atoms with Gasteiger partial charge >= 0.3 is 6.03 Å². The van der Waals surface area contributed by atoms with Crippen LogP contribution >= 0.6 is 0 Å². The summed E-state index contributed by atoms with van der Waals surface area (Å²) in [6.07, 6.45) is 0.770. The Balaban J connectivity index is 2.18. The van der Waals surface area contributed by atoms with Gasteiger partial charge in [0.05, 0.1) is 25.4 Å². The number of ether oxygens (including phenoxy) is 2. The second kappa shape index (κ2) is 6.80. The maximum atomic E-state index is 12.0. The number of nitrogens with two attached hydrogens (primary N) is 1. The van der Waals surface area contributed by atoms with Crippen LogP contribution in [0, 0.1) is 0 Å². The minimum atomic E-state index is -0.401. The molecule has 1 saturated heterocycles. The van der Waals surface area contributed by atoms with Gasteiger partial charge in [0.15, 0.2) is 5.84 Å². The second-order valence-corrected chi connectivity index (χ2v) is 4.53. The number of nitrogens with zero attached hydrogens (tertiary/aromatic N) is 1. The summed E-state index contributed by atoms with van der Waals surface area (Å²) in [5.41, 5.74) is 6.32. The molecule has 1 aromatic rings. The van der Waals surface area contributed by atoms with E-state index in [1.165, 1.54) is 7.11 Å². The molecular formula is C13H18N4O4. The highest BCUT2D eigenvalue weighted by Crippen LogP contribution is 2.28. The number of rotatable bonds is 4. The van der Waals surface area contributed by atoms with Crippen molar-refractivity contribution in [2.45, 2.75) is 12.5 Å². The molecule has 1 heterocycles. The number of hydrogen-bond acceptors (Lipinski definition) is 5. The lowest BCUT2D eigenvalue weighted by Crippen LogP contribution is -2.38. The summed E-state index contributed by atoms with van der Waals surface area (Å²) in [7, 11) is 1.47. The van der Waals surface area contributed by atoms with Crippen LogP contribution in [0.4, 0.5) is 10.5 Å². The molecule has 2 rings (SSSR count). The lowest BCUT2D eigenvalue weighted by atomic mass is 10.1. The molecule has 0 spiro atoms. The third-order valence-corrected chi connectivity index (χ3v) is 3.13. The third-order valence-electron chi connectivity index (χ3n) is 3.13. The topological polar surface area (TPSA) is 118 Å². The van der Waals surface area contributed by atoms with E-state index in [2.05, 4.69) is 15.8 Å². The predicted molar refractivity (Wildman–Crippen MR) is 76.9 cm³/mol. The number of oxime groups is 1. The Bertz CT molecular complexity index is 541. The zero-order chi connectivity index (χ0) is 15.2. The highest BCUT2D eigenvalue weighted by atomic mass is 16.5. The van der Waals surface area contributed by atoms with Crippen LogP contribution in [0.25, 0.3) is 0 Å². The molecule has 0 saturated carbocycles. The van der Waals surface area contributed by atoms with Gasteiger partial charge in [-0.1, -0.05) is 11.2 Å². The molecule has 1 unspecified atom stereocenters. The maximum absolute atomic E-state index is 12.0. The molecule has 1 atom stereocenters. The lowest BCUT2D eigenvalue weighted by Gasteiger charge is -2.16. The van der Waals surface area contributed by atoms with Crippen molar-refractivity contribution in [1.29, 1.82) is 0 Å². The molecule has 8 heteroatoms. The summed E-state index contributed by atoms with van der Waals surface area (Å²) in [6, 6.07) is 4.54. The Labute approximate surface area is 121 Å². The molecule has 1 aromatic carbocycles. The lowest BCUT2D eigenvalue weighted by molar-refractivity contribution is 0.189. The molecule has 8 nitrogen and oxygen atoms in total. The van der Waals surface area contributed by atoms with Gasteiger partial charge in [0.1, 0.15) is 5.75 Å². The molecule has 1 fully saturated rings. The number of amidine groups is 1. The largest absolute Gasteiger partial charge is 0.495 e. The van der Waals surface area contributed by atoms with Gasteiger partial charge in [-0.25, -0.2) is 4.79 Å². The van der Waals surface area contributed by atoms with Crippen LogP contribution in [0.2, 0.25) is 0 Å². The van der Waals surface area contributed by atoms with Crippen molar-refractivity contribution >= 4 is 17.6 Å². The number of hydrogen-bond donors (Lipinski definition) is 4. The van der Waals surface area contributed by atoms with E-state index >= 15 is 0 Å². The van der Waals surface area contributed by atoms with E-state index in [-0.39, 0.29) is 11.9 Å². The van der Waals surface area contributed by atoms with Crippen molar-refractivity contribution in [3.63, 3.8) is 0 Å². The molecule has 0 aliphatic carbocycles.